The number of nitrogens with zero attached hydrogens (tertiary/aromatic N) is 3. The van der Waals surface area contributed by atoms with Crippen molar-refractivity contribution in [2.75, 3.05) is 27.8 Å². The number of hydrogen-bond donors (Lipinski definition) is 0. The van der Waals surface area contributed by atoms with Gasteiger partial charge in [-0.1, -0.05) is 6.07 Å². The Morgan fingerprint density at radius 1 is 1.10 bits per heavy atom. The van der Waals surface area contributed by atoms with Crippen molar-refractivity contribution in [2.24, 2.45) is 0 Å². The molecule has 1 aromatic carbocycles. The summed E-state index contributed by atoms with van der Waals surface area (Å²) in [5.74, 6) is 1.40. The fourth-order valence-corrected chi connectivity index (χ4v) is 5.18. The number of benzene rings is 1. The number of rotatable bonds is 4. The van der Waals surface area contributed by atoms with Gasteiger partial charge < -0.3 is 14.4 Å². The molecule has 0 bridgehead atoms. The lowest BCUT2D eigenvalue weighted by molar-refractivity contribution is -0.141. The summed E-state index contributed by atoms with van der Waals surface area (Å²) in [6.07, 6.45) is 0.521. The Balaban J connectivity index is 1.63. The summed E-state index contributed by atoms with van der Waals surface area (Å²) >= 11 is 0. The van der Waals surface area contributed by atoms with Crippen molar-refractivity contribution in [1.29, 1.82) is 0 Å². The van der Waals surface area contributed by atoms with Crippen molar-refractivity contribution in [1.82, 2.24) is 14.7 Å². The summed E-state index contributed by atoms with van der Waals surface area (Å²) in [6.45, 7) is 0.957. The molecule has 2 fully saturated rings. The fraction of sp³-hybridized carbons (Fsp3) is 0.571. The van der Waals surface area contributed by atoms with Gasteiger partial charge in [0.2, 0.25) is 0 Å². The molecule has 0 spiro atoms. The number of fused-ring (bicyclic) bond motifs is 1. The summed E-state index contributed by atoms with van der Waals surface area (Å²) in [6, 6.07) is 7.36. The van der Waals surface area contributed by atoms with E-state index in [0.717, 1.165) is 38.3 Å². The SMILES string of the molecule is COc1ccc([C@]23CC[C@H](n4ccc(C(F)(F)F)n4)C[C@H]2N(C)CC3)cc1OC. The van der Waals surface area contributed by atoms with Gasteiger partial charge in [-0.2, -0.15) is 18.3 Å². The number of likely N-dealkylation sites (N-methyl/N-ethyl adjacent to an activating group) is 1. The number of halogens is 3. The van der Waals surface area contributed by atoms with Crippen LogP contribution in [0.15, 0.2) is 30.5 Å². The average Bonchev–Trinajstić information content (AvgIpc) is 3.33. The van der Waals surface area contributed by atoms with Gasteiger partial charge in [0.1, 0.15) is 0 Å². The van der Waals surface area contributed by atoms with Crippen LogP contribution in [-0.4, -0.2) is 48.5 Å². The molecular formula is C21H26F3N3O2. The first-order valence-electron chi connectivity index (χ1n) is 9.83. The van der Waals surface area contributed by atoms with E-state index in [4.69, 9.17) is 9.47 Å². The van der Waals surface area contributed by atoms with Gasteiger partial charge in [-0.05, 0) is 63.0 Å². The summed E-state index contributed by atoms with van der Waals surface area (Å²) in [5.41, 5.74) is 0.346. The molecule has 0 amide bonds. The minimum absolute atomic E-state index is 0.0369. The van der Waals surface area contributed by atoms with E-state index in [-0.39, 0.29) is 17.5 Å². The molecule has 8 heteroatoms. The molecule has 5 nitrogen and oxygen atoms in total. The Bertz CT molecular complexity index is 882. The molecule has 3 atom stereocenters. The molecule has 0 radical (unpaired) electrons. The Morgan fingerprint density at radius 3 is 2.52 bits per heavy atom. The Hall–Kier alpha value is -2.22. The lowest BCUT2D eigenvalue weighted by atomic mass is 9.65. The van der Waals surface area contributed by atoms with Gasteiger partial charge in [-0.25, -0.2) is 0 Å². The standard InChI is InChI=1S/C21H26F3N3O2/c1-26-11-9-20(14-4-5-16(28-2)17(12-14)29-3)8-6-15(13-19(20)26)27-10-7-18(25-27)21(22,23)24/h4-5,7,10,12,15,19H,6,8-9,11,13H2,1-3H3/t15-,19+,20+/m0/s1. The summed E-state index contributed by atoms with van der Waals surface area (Å²) in [7, 11) is 5.34. The molecule has 2 aliphatic rings. The van der Waals surface area contributed by atoms with Gasteiger partial charge in [-0.3, -0.25) is 4.68 Å². The average molecular weight is 409 g/mol. The van der Waals surface area contributed by atoms with Crippen LogP contribution in [-0.2, 0) is 11.6 Å². The van der Waals surface area contributed by atoms with Crippen LogP contribution in [0.3, 0.4) is 0 Å². The zero-order valence-corrected chi connectivity index (χ0v) is 16.9. The number of methoxy groups -OCH3 is 2. The molecule has 1 saturated heterocycles. The number of likely N-dealkylation sites (tertiary alicyclic amines) is 1. The molecule has 29 heavy (non-hydrogen) atoms. The Morgan fingerprint density at radius 2 is 1.86 bits per heavy atom. The number of aromatic nitrogens is 2. The van der Waals surface area contributed by atoms with Gasteiger partial charge in [0, 0.05) is 17.7 Å². The topological polar surface area (TPSA) is 39.5 Å². The lowest BCUT2D eigenvalue weighted by Gasteiger charge is -2.44. The molecular weight excluding hydrogens is 383 g/mol. The van der Waals surface area contributed by atoms with E-state index >= 15 is 0 Å². The Kier molecular flexibility index (Phi) is 5.01. The molecule has 1 aliphatic heterocycles. The predicted octanol–water partition coefficient (Wildman–Crippen LogP) is 4.29. The van der Waals surface area contributed by atoms with E-state index in [1.165, 1.54) is 16.4 Å². The van der Waals surface area contributed by atoms with Gasteiger partial charge >= 0.3 is 6.18 Å². The third-order valence-electron chi connectivity index (χ3n) is 6.73. The van der Waals surface area contributed by atoms with E-state index in [2.05, 4.69) is 29.2 Å². The Labute approximate surface area is 168 Å². The maximum atomic E-state index is 13.0. The molecule has 1 saturated carbocycles. The van der Waals surface area contributed by atoms with Crippen molar-refractivity contribution in [3.63, 3.8) is 0 Å². The van der Waals surface area contributed by atoms with Crippen molar-refractivity contribution >= 4 is 0 Å². The van der Waals surface area contributed by atoms with E-state index in [1.54, 1.807) is 14.2 Å². The van der Waals surface area contributed by atoms with Crippen LogP contribution in [0.25, 0.3) is 0 Å². The van der Waals surface area contributed by atoms with Crippen molar-refractivity contribution in [2.45, 2.75) is 49.4 Å². The first kappa shape index (κ1) is 20.1. The zero-order valence-electron chi connectivity index (χ0n) is 16.9. The quantitative estimate of drug-likeness (QED) is 0.756. The number of ether oxygens (including phenoxy) is 2. The summed E-state index contributed by atoms with van der Waals surface area (Å²) in [5, 5.41) is 3.83. The van der Waals surface area contributed by atoms with E-state index in [0.29, 0.717) is 11.5 Å². The van der Waals surface area contributed by atoms with Gasteiger partial charge in [-0.15, -0.1) is 0 Å². The lowest BCUT2D eigenvalue weighted by Crippen LogP contribution is -2.46. The van der Waals surface area contributed by atoms with E-state index < -0.39 is 11.9 Å². The molecule has 2 aromatic rings. The smallest absolute Gasteiger partial charge is 0.435 e. The van der Waals surface area contributed by atoms with Crippen LogP contribution >= 0.6 is 0 Å². The third-order valence-corrected chi connectivity index (χ3v) is 6.73. The highest BCUT2D eigenvalue weighted by Crippen LogP contribution is 2.52. The minimum Gasteiger partial charge on any atom is -0.493 e. The molecule has 1 aromatic heterocycles. The van der Waals surface area contributed by atoms with E-state index in [9.17, 15) is 13.2 Å². The van der Waals surface area contributed by atoms with Gasteiger partial charge in [0.25, 0.3) is 0 Å². The van der Waals surface area contributed by atoms with Crippen LogP contribution in [0, 0.1) is 0 Å². The fourth-order valence-electron chi connectivity index (χ4n) is 5.18. The maximum Gasteiger partial charge on any atom is 0.435 e. The summed E-state index contributed by atoms with van der Waals surface area (Å²) in [4.78, 5) is 2.33. The third kappa shape index (κ3) is 3.37. The van der Waals surface area contributed by atoms with Crippen molar-refractivity contribution < 1.29 is 22.6 Å². The second kappa shape index (κ2) is 7.23. The highest BCUT2D eigenvalue weighted by atomic mass is 19.4. The number of hydrogen-bond acceptors (Lipinski definition) is 4. The van der Waals surface area contributed by atoms with Crippen LogP contribution in [0.4, 0.5) is 13.2 Å². The minimum atomic E-state index is -4.41. The number of alkyl halides is 3. The van der Waals surface area contributed by atoms with Crippen LogP contribution in [0.1, 0.15) is 43.0 Å². The first-order valence-corrected chi connectivity index (χ1v) is 9.83. The van der Waals surface area contributed by atoms with Crippen LogP contribution < -0.4 is 9.47 Å². The molecule has 1 aliphatic carbocycles. The molecule has 2 heterocycles. The molecule has 158 valence electrons. The van der Waals surface area contributed by atoms with Crippen LogP contribution in [0.5, 0.6) is 11.5 Å². The first-order chi connectivity index (χ1) is 13.8. The van der Waals surface area contributed by atoms with Crippen LogP contribution in [0.2, 0.25) is 0 Å². The molecule has 0 unspecified atom stereocenters. The van der Waals surface area contributed by atoms with Crippen molar-refractivity contribution in [3.8, 4) is 11.5 Å². The largest absolute Gasteiger partial charge is 0.493 e. The van der Waals surface area contributed by atoms with Gasteiger partial charge in [0.15, 0.2) is 17.2 Å². The van der Waals surface area contributed by atoms with Crippen molar-refractivity contribution in [3.05, 3.63) is 41.7 Å². The zero-order chi connectivity index (χ0) is 20.8. The highest BCUT2D eigenvalue weighted by Gasteiger charge is 2.51. The molecule has 4 rings (SSSR count). The highest BCUT2D eigenvalue weighted by molar-refractivity contribution is 5.46. The predicted molar refractivity (Wildman–Crippen MR) is 102 cm³/mol. The monoisotopic (exact) mass is 409 g/mol. The maximum absolute atomic E-state index is 13.0. The van der Waals surface area contributed by atoms with Gasteiger partial charge in [0.05, 0.1) is 20.3 Å². The molecule has 0 N–H and O–H groups in total. The second-order valence-electron chi connectivity index (χ2n) is 8.08. The normalized spacial score (nSPS) is 27.7. The summed E-state index contributed by atoms with van der Waals surface area (Å²) < 4.78 is 51.3. The van der Waals surface area contributed by atoms with E-state index in [1.807, 2.05) is 6.07 Å². The second-order valence-corrected chi connectivity index (χ2v) is 8.08.